The van der Waals surface area contributed by atoms with Gasteiger partial charge in [0.05, 0.1) is 11.1 Å². The topological polar surface area (TPSA) is 135 Å². The predicted molar refractivity (Wildman–Crippen MR) is 116 cm³/mol. The second kappa shape index (κ2) is 7.81. The van der Waals surface area contributed by atoms with Gasteiger partial charge in [0.25, 0.3) is 11.2 Å². The maximum Gasteiger partial charge on any atom is 0.294 e. The Morgan fingerprint density at radius 3 is 2.81 bits per heavy atom. The Labute approximate surface area is 187 Å². The molecular weight excluding hydrogens is 482 g/mol. The van der Waals surface area contributed by atoms with E-state index in [4.69, 9.17) is 4.52 Å². The van der Waals surface area contributed by atoms with Crippen LogP contribution in [0.2, 0.25) is 0 Å². The summed E-state index contributed by atoms with van der Waals surface area (Å²) in [6, 6.07) is 13.5. The van der Waals surface area contributed by atoms with Crippen LogP contribution >= 0.6 is 15.9 Å². The summed E-state index contributed by atoms with van der Waals surface area (Å²) in [6.45, 7) is 0.0133. The zero-order chi connectivity index (χ0) is 22.2. The third-order valence-electron chi connectivity index (χ3n) is 4.72. The van der Waals surface area contributed by atoms with E-state index in [0.29, 0.717) is 5.82 Å². The molecular formula is C20H12BrN7O4. The molecule has 0 atom stereocenters. The number of nitro groups is 1. The Bertz CT molecular complexity index is 1540. The molecule has 0 saturated heterocycles. The molecule has 5 aromatic rings. The second-order valence-corrected chi connectivity index (χ2v) is 7.65. The lowest BCUT2D eigenvalue weighted by Crippen LogP contribution is -2.21. The van der Waals surface area contributed by atoms with Gasteiger partial charge >= 0.3 is 0 Å². The number of rotatable bonds is 5. The number of nitrogens with zero attached hydrogens (tertiary/aromatic N) is 7. The molecule has 0 radical (unpaired) electrons. The maximum absolute atomic E-state index is 13.0. The first-order valence-electron chi connectivity index (χ1n) is 9.27. The molecule has 0 saturated carbocycles. The van der Waals surface area contributed by atoms with Crippen LogP contribution in [-0.2, 0) is 6.54 Å². The normalized spacial score (nSPS) is 11.2. The lowest BCUT2D eigenvalue weighted by molar-refractivity contribution is -0.384. The molecule has 0 bridgehead atoms. The zero-order valence-electron chi connectivity index (χ0n) is 16.1. The van der Waals surface area contributed by atoms with E-state index in [1.165, 1.54) is 27.8 Å². The van der Waals surface area contributed by atoms with Crippen LogP contribution in [0.4, 0.5) is 5.69 Å². The monoisotopic (exact) mass is 493 g/mol. The minimum atomic E-state index is -0.511. The highest BCUT2D eigenvalue weighted by atomic mass is 79.9. The van der Waals surface area contributed by atoms with Crippen molar-refractivity contribution < 1.29 is 9.45 Å². The van der Waals surface area contributed by atoms with E-state index in [0.717, 1.165) is 10.0 Å². The van der Waals surface area contributed by atoms with Gasteiger partial charge in [-0.25, -0.2) is 9.67 Å². The van der Waals surface area contributed by atoms with Gasteiger partial charge in [-0.2, -0.15) is 10.1 Å². The molecule has 0 aliphatic rings. The van der Waals surface area contributed by atoms with Gasteiger partial charge in [-0.3, -0.25) is 19.5 Å². The van der Waals surface area contributed by atoms with Crippen LogP contribution in [-0.4, -0.2) is 34.4 Å². The first-order valence-corrected chi connectivity index (χ1v) is 10.1. The van der Waals surface area contributed by atoms with E-state index in [9.17, 15) is 14.9 Å². The van der Waals surface area contributed by atoms with Crippen molar-refractivity contribution in [2.45, 2.75) is 6.54 Å². The van der Waals surface area contributed by atoms with Gasteiger partial charge in [-0.1, -0.05) is 45.4 Å². The van der Waals surface area contributed by atoms with Crippen molar-refractivity contribution in [1.82, 2.24) is 29.5 Å². The van der Waals surface area contributed by atoms with Crippen molar-refractivity contribution in [3.8, 4) is 17.1 Å². The van der Waals surface area contributed by atoms with Crippen LogP contribution in [0.5, 0.6) is 0 Å². The maximum atomic E-state index is 13.0. The van der Waals surface area contributed by atoms with Crippen molar-refractivity contribution in [2.75, 3.05) is 0 Å². The first-order chi connectivity index (χ1) is 15.5. The molecule has 0 unspecified atom stereocenters. The third kappa shape index (κ3) is 3.46. The highest BCUT2D eigenvalue weighted by Gasteiger charge is 2.19. The summed E-state index contributed by atoms with van der Waals surface area (Å²) >= 11 is 3.40. The molecule has 3 aromatic heterocycles. The lowest BCUT2D eigenvalue weighted by atomic mass is 10.2. The summed E-state index contributed by atoms with van der Waals surface area (Å²) in [7, 11) is 0. The van der Waals surface area contributed by atoms with Gasteiger partial charge in [0, 0.05) is 16.1 Å². The lowest BCUT2D eigenvalue weighted by Gasteiger charge is -2.05. The zero-order valence-corrected chi connectivity index (χ0v) is 17.7. The highest BCUT2D eigenvalue weighted by molar-refractivity contribution is 9.10. The number of nitro benzene ring substituents is 1. The van der Waals surface area contributed by atoms with Crippen LogP contribution in [0.3, 0.4) is 0 Å². The molecule has 32 heavy (non-hydrogen) atoms. The quantitative estimate of drug-likeness (QED) is 0.268. The molecule has 0 fully saturated rings. The van der Waals surface area contributed by atoms with Crippen LogP contribution in [0.1, 0.15) is 5.89 Å². The van der Waals surface area contributed by atoms with Crippen molar-refractivity contribution in [2.24, 2.45) is 0 Å². The molecule has 5 rings (SSSR count). The van der Waals surface area contributed by atoms with Gasteiger partial charge in [0.15, 0.2) is 5.65 Å². The molecule has 0 spiro atoms. The average molecular weight is 494 g/mol. The summed E-state index contributed by atoms with van der Waals surface area (Å²) in [5.41, 5.74) is 0.658. The Hall–Kier alpha value is -4.19. The standard InChI is InChI=1S/C20H12BrN7O4/c21-13-5-3-4-12(8-13)18-24-17(32-25-18)10-26-11-22-19-14(20(26)29)9-23-27(19)15-6-1-2-7-16(15)28(30)31/h1-9,11H,10H2. The van der Waals surface area contributed by atoms with E-state index >= 15 is 0 Å². The van der Waals surface area contributed by atoms with Crippen molar-refractivity contribution in [3.63, 3.8) is 0 Å². The Morgan fingerprint density at radius 2 is 2.00 bits per heavy atom. The highest BCUT2D eigenvalue weighted by Crippen LogP contribution is 2.24. The number of fused-ring (bicyclic) bond motifs is 1. The van der Waals surface area contributed by atoms with Gasteiger partial charge in [0.1, 0.15) is 23.9 Å². The molecule has 0 aliphatic heterocycles. The number of hydrogen-bond acceptors (Lipinski definition) is 8. The van der Waals surface area contributed by atoms with Crippen LogP contribution in [0.25, 0.3) is 28.1 Å². The third-order valence-corrected chi connectivity index (χ3v) is 5.21. The fraction of sp³-hybridized carbons (Fsp3) is 0.0500. The first kappa shape index (κ1) is 19.8. The van der Waals surface area contributed by atoms with E-state index in [1.807, 2.05) is 24.3 Å². The SMILES string of the molecule is O=c1c2cnn(-c3ccccc3[N+](=O)[O-])c2ncn1Cc1nc(-c2cccc(Br)c2)no1. The Balaban J connectivity index is 1.50. The van der Waals surface area contributed by atoms with Gasteiger partial charge in [0.2, 0.25) is 11.7 Å². The molecule has 0 amide bonds. The van der Waals surface area contributed by atoms with Crippen molar-refractivity contribution in [1.29, 1.82) is 0 Å². The molecule has 158 valence electrons. The number of hydrogen-bond donors (Lipinski definition) is 0. The molecule has 12 heteroatoms. The fourth-order valence-electron chi connectivity index (χ4n) is 3.24. The van der Waals surface area contributed by atoms with Gasteiger partial charge < -0.3 is 4.52 Å². The number of benzene rings is 2. The minimum Gasteiger partial charge on any atom is -0.337 e. The van der Waals surface area contributed by atoms with Crippen LogP contribution < -0.4 is 5.56 Å². The molecule has 11 nitrogen and oxygen atoms in total. The smallest absolute Gasteiger partial charge is 0.294 e. The van der Waals surface area contributed by atoms with Crippen LogP contribution in [0.15, 0.2) is 74.8 Å². The second-order valence-electron chi connectivity index (χ2n) is 6.74. The molecule has 0 N–H and O–H groups in total. The van der Waals surface area contributed by atoms with E-state index in [1.54, 1.807) is 18.2 Å². The summed E-state index contributed by atoms with van der Waals surface area (Å²) in [5.74, 6) is 0.627. The summed E-state index contributed by atoms with van der Waals surface area (Å²) in [4.78, 5) is 32.4. The van der Waals surface area contributed by atoms with Gasteiger partial charge in [-0.15, -0.1) is 0 Å². The minimum absolute atomic E-state index is 0.0133. The van der Waals surface area contributed by atoms with Crippen LogP contribution in [0, 0.1) is 10.1 Å². The predicted octanol–water partition coefficient (Wildman–Crippen LogP) is 3.35. The van der Waals surface area contributed by atoms with E-state index in [-0.39, 0.29) is 40.4 Å². The van der Waals surface area contributed by atoms with Crippen molar-refractivity contribution in [3.05, 3.63) is 91.9 Å². The number of halogens is 1. The number of aromatic nitrogens is 6. The number of para-hydroxylation sites is 2. The van der Waals surface area contributed by atoms with Crippen molar-refractivity contribution >= 4 is 32.7 Å². The van der Waals surface area contributed by atoms with E-state index in [2.05, 4.69) is 36.2 Å². The Kier molecular flexibility index (Phi) is 4.82. The summed E-state index contributed by atoms with van der Waals surface area (Å²) in [5, 5.41) is 19.7. The fourth-order valence-corrected chi connectivity index (χ4v) is 3.64. The Morgan fingerprint density at radius 1 is 1.16 bits per heavy atom. The average Bonchev–Trinajstić information content (AvgIpc) is 3.43. The largest absolute Gasteiger partial charge is 0.337 e. The van der Waals surface area contributed by atoms with Gasteiger partial charge in [-0.05, 0) is 18.2 Å². The molecule has 2 aromatic carbocycles. The summed E-state index contributed by atoms with van der Waals surface area (Å²) < 4.78 is 8.75. The molecule has 0 aliphatic carbocycles. The summed E-state index contributed by atoms with van der Waals surface area (Å²) in [6.07, 6.45) is 2.65. The molecule has 3 heterocycles. The van der Waals surface area contributed by atoms with E-state index < -0.39 is 4.92 Å².